The minimum atomic E-state index is -0.810. The predicted molar refractivity (Wildman–Crippen MR) is 69.2 cm³/mol. The average Bonchev–Trinajstić information content (AvgIpc) is 2.27. The van der Waals surface area contributed by atoms with E-state index in [4.69, 9.17) is 0 Å². The van der Waals surface area contributed by atoms with Crippen molar-refractivity contribution in [3.8, 4) is 0 Å². The standard InChI is InChI=1S/C13H22P/c1-4-12-14(5-2,6-3)13-10-8-7-9-11-13/h7-11H,4-6,12H2,1-3H3/q+1. The lowest BCUT2D eigenvalue weighted by molar-refractivity contribution is 1.08. The molecule has 0 aliphatic heterocycles. The number of rotatable bonds is 5. The van der Waals surface area contributed by atoms with Crippen LogP contribution in [0.3, 0.4) is 0 Å². The molecule has 78 valence electrons. The third-order valence-corrected chi connectivity index (χ3v) is 8.28. The van der Waals surface area contributed by atoms with Crippen LogP contribution in [0.25, 0.3) is 0 Å². The van der Waals surface area contributed by atoms with Gasteiger partial charge in [0.05, 0.1) is 23.8 Å². The summed E-state index contributed by atoms with van der Waals surface area (Å²) in [6.45, 7) is 7.03. The van der Waals surface area contributed by atoms with Gasteiger partial charge in [-0.1, -0.05) is 25.1 Å². The number of hydrogen-bond donors (Lipinski definition) is 0. The second-order valence-corrected chi connectivity index (χ2v) is 8.36. The highest BCUT2D eigenvalue weighted by Gasteiger charge is 2.34. The Kier molecular flexibility index (Phi) is 4.62. The molecule has 1 aromatic rings. The maximum Gasteiger partial charge on any atom is 0.0939 e. The van der Waals surface area contributed by atoms with E-state index in [9.17, 15) is 0 Å². The Labute approximate surface area is 89.1 Å². The van der Waals surface area contributed by atoms with Crippen molar-refractivity contribution in [2.24, 2.45) is 0 Å². The average molecular weight is 209 g/mol. The minimum absolute atomic E-state index is 0.810. The van der Waals surface area contributed by atoms with Crippen molar-refractivity contribution in [1.82, 2.24) is 0 Å². The number of benzene rings is 1. The second kappa shape index (κ2) is 5.51. The van der Waals surface area contributed by atoms with E-state index in [0.29, 0.717) is 0 Å². The van der Waals surface area contributed by atoms with Gasteiger partial charge in [0.1, 0.15) is 0 Å². The second-order valence-electron chi connectivity index (χ2n) is 3.84. The molecule has 0 saturated carbocycles. The zero-order chi connectivity index (χ0) is 10.4. The van der Waals surface area contributed by atoms with Crippen LogP contribution in [0.4, 0.5) is 0 Å². The van der Waals surface area contributed by atoms with Crippen molar-refractivity contribution < 1.29 is 0 Å². The third-order valence-electron chi connectivity index (χ3n) is 3.17. The monoisotopic (exact) mass is 209 g/mol. The normalized spacial score (nSPS) is 11.6. The molecule has 0 N–H and O–H groups in total. The van der Waals surface area contributed by atoms with Gasteiger partial charge in [-0.05, 0) is 32.4 Å². The summed E-state index contributed by atoms with van der Waals surface area (Å²) in [5.41, 5.74) is 0. The summed E-state index contributed by atoms with van der Waals surface area (Å²) in [5.74, 6) is 0. The molecule has 0 saturated heterocycles. The van der Waals surface area contributed by atoms with Crippen molar-refractivity contribution in [3.05, 3.63) is 30.3 Å². The van der Waals surface area contributed by atoms with Crippen LogP contribution in [0, 0.1) is 0 Å². The molecule has 0 fully saturated rings. The lowest BCUT2D eigenvalue weighted by atomic mass is 10.4. The van der Waals surface area contributed by atoms with Gasteiger partial charge in [-0.25, -0.2) is 0 Å². The van der Waals surface area contributed by atoms with Crippen molar-refractivity contribution in [1.29, 1.82) is 0 Å². The van der Waals surface area contributed by atoms with Crippen LogP contribution in [-0.4, -0.2) is 18.5 Å². The van der Waals surface area contributed by atoms with Crippen LogP contribution in [0.15, 0.2) is 30.3 Å². The Bertz CT molecular complexity index is 249. The Morgan fingerprint density at radius 2 is 1.50 bits per heavy atom. The SMILES string of the molecule is CCC[P+](CC)(CC)c1ccccc1. The molecule has 0 unspecified atom stereocenters. The predicted octanol–water partition coefficient (Wildman–Crippen LogP) is 3.78. The highest BCUT2D eigenvalue weighted by molar-refractivity contribution is 7.82. The van der Waals surface area contributed by atoms with Gasteiger partial charge in [0.25, 0.3) is 0 Å². The first-order valence-corrected chi connectivity index (χ1v) is 8.05. The highest BCUT2D eigenvalue weighted by Crippen LogP contribution is 2.57. The molecule has 1 rings (SSSR count). The summed E-state index contributed by atoms with van der Waals surface area (Å²) in [4.78, 5) is 0. The summed E-state index contributed by atoms with van der Waals surface area (Å²) in [6.07, 6.45) is 5.47. The van der Waals surface area contributed by atoms with Crippen LogP contribution in [0.2, 0.25) is 0 Å². The zero-order valence-corrected chi connectivity index (χ0v) is 10.6. The minimum Gasteiger partial charge on any atom is -0.0620 e. The first-order valence-electron chi connectivity index (χ1n) is 5.70. The van der Waals surface area contributed by atoms with Crippen molar-refractivity contribution in [3.63, 3.8) is 0 Å². The molecule has 0 bridgehead atoms. The quantitative estimate of drug-likeness (QED) is 0.647. The molecule has 0 atom stereocenters. The van der Waals surface area contributed by atoms with Crippen LogP contribution in [0.5, 0.6) is 0 Å². The van der Waals surface area contributed by atoms with E-state index >= 15 is 0 Å². The zero-order valence-electron chi connectivity index (χ0n) is 9.66. The van der Waals surface area contributed by atoms with Crippen LogP contribution in [0.1, 0.15) is 27.2 Å². The Hall–Kier alpha value is -0.350. The summed E-state index contributed by atoms with van der Waals surface area (Å²) in [6, 6.07) is 11.2. The Balaban J connectivity index is 2.98. The van der Waals surface area contributed by atoms with Gasteiger partial charge in [0, 0.05) is 7.26 Å². The molecule has 1 heteroatoms. The molecule has 0 spiro atoms. The molecule has 0 aromatic heterocycles. The molecule has 0 nitrogen and oxygen atoms in total. The lowest BCUT2D eigenvalue weighted by Gasteiger charge is -2.24. The fourth-order valence-corrected chi connectivity index (χ4v) is 5.94. The molecule has 1 aromatic carbocycles. The molecule has 0 amide bonds. The van der Waals surface area contributed by atoms with Gasteiger partial charge in [0.15, 0.2) is 0 Å². The summed E-state index contributed by atoms with van der Waals surface area (Å²) in [7, 11) is -0.810. The van der Waals surface area contributed by atoms with Crippen LogP contribution < -0.4 is 5.30 Å². The van der Waals surface area contributed by atoms with E-state index in [1.807, 2.05) is 0 Å². The summed E-state index contributed by atoms with van der Waals surface area (Å²) < 4.78 is 0. The fraction of sp³-hybridized carbons (Fsp3) is 0.538. The largest absolute Gasteiger partial charge is 0.0939 e. The molecule has 0 aliphatic carbocycles. The maximum atomic E-state index is 2.36. The molecule has 0 aliphatic rings. The van der Waals surface area contributed by atoms with E-state index in [0.717, 1.165) is 0 Å². The smallest absolute Gasteiger partial charge is 0.0620 e. The summed E-state index contributed by atoms with van der Waals surface area (Å²) >= 11 is 0. The molecule has 14 heavy (non-hydrogen) atoms. The van der Waals surface area contributed by atoms with Crippen LogP contribution >= 0.6 is 7.26 Å². The Morgan fingerprint density at radius 3 is 1.93 bits per heavy atom. The maximum absolute atomic E-state index is 2.36. The van der Waals surface area contributed by atoms with E-state index in [2.05, 4.69) is 51.1 Å². The first-order chi connectivity index (χ1) is 6.79. The van der Waals surface area contributed by atoms with Gasteiger partial charge in [-0.15, -0.1) is 0 Å². The topological polar surface area (TPSA) is 0 Å². The molecule has 0 heterocycles. The van der Waals surface area contributed by atoms with Crippen molar-refractivity contribution in [2.75, 3.05) is 18.5 Å². The van der Waals surface area contributed by atoms with Crippen molar-refractivity contribution >= 4 is 12.6 Å². The third kappa shape index (κ3) is 2.36. The summed E-state index contributed by atoms with van der Waals surface area (Å²) in [5, 5.41) is 1.63. The van der Waals surface area contributed by atoms with E-state index in [-0.39, 0.29) is 0 Å². The van der Waals surface area contributed by atoms with Gasteiger partial charge in [-0.2, -0.15) is 0 Å². The van der Waals surface area contributed by atoms with Crippen molar-refractivity contribution in [2.45, 2.75) is 27.2 Å². The van der Waals surface area contributed by atoms with Gasteiger partial charge in [-0.3, -0.25) is 0 Å². The fourth-order valence-electron chi connectivity index (χ4n) is 2.21. The Morgan fingerprint density at radius 1 is 0.929 bits per heavy atom. The van der Waals surface area contributed by atoms with Gasteiger partial charge in [0.2, 0.25) is 0 Å². The lowest BCUT2D eigenvalue weighted by Crippen LogP contribution is -2.18. The van der Waals surface area contributed by atoms with Gasteiger partial charge < -0.3 is 0 Å². The first kappa shape index (κ1) is 11.7. The van der Waals surface area contributed by atoms with E-state index < -0.39 is 7.26 Å². The molecule has 0 radical (unpaired) electrons. The van der Waals surface area contributed by atoms with E-state index in [1.165, 1.54) is 24.9 Å². The number of hydrogen-bond acceptors (Lipinski definition) is 0. The van der Waals surface area contributed by atoms with Gasteiger partial charge >= 0.3 is 0 Å². The van der Waals surface area contributed by atoms with Crippen LogP contribution in [-0.2, 0) is 0 Å². The molecular formula is C13H22P+. The van der Waals surface area contributed by atoms with E-state index in [1.54, 1.807) is 5.30 Å². The molecular weight excluding hydrogens is 187 g/mol. The highest BCUT2D eigenvalue weighted by atomic mass is 31.2.